The van der Waals surface area contributed by atoms with Crippen molar-refractivity contribution in [1.29, 1.82) is 0 Å². The maximum Gasteiger partial charge on any atom is 0.307 e. The first kappa shape index (κ1) is 16.1. The van der Waals surface area contributed by atoms with E-state index in [-0.39, 0.29) is 12.3 Å². The van der Waals surface area contributed by atoms with Crippen LogP contribution in [0.25, 0.3) is 10.9 Å². The molecule has 2 aromatic carbocycles. The summed E-state index contributed by atoms with van der Waals surface area (Å²) in [5.74, 6) is -0.782. The number of carbonyl (C=O) groups is 2. The van der Waals surface area contributed by atoms with Crippen LogP contribution in [0.5, 0.6) is 5.75 Å². The van der Waals surface area contributed by atoms with Crippen LogP contribution >= 0.6 is 11.6 Å². The van der Waals surface area contributed by atoms with Crippen LogP contribution in [0.4, 0.5) is 0 Å². The molecule has 1 aromatic heterocycles. The van der Waals surface area contributed by atoms with Crippen molar-refractivity contribution >= 4 is 34.4 Å². The fraction of sp³-hybridized carbons (Fsp3) is 0.111. The van der Waals surface area contributed by atoms with E-state index in [4.69, 9.17) is 21.4 Å². The summed E-state index contributed by atoms with van der Waals surface area (Å²) in [5, 5.41) is 10.1. The fourth-order valence-electron chi connectivity index (χ4n) is 2.73. The Morgan fingerprint density at radius 2 is 1.92 bits per heavy atom. The van der Waals surface area contributed by atoms with Gasteiger partial charge in [0, 0.05) is 11.6 Å². The van der Waals surface area contributed by atoms with E-state index in [1.165, 1.54) is 17.9 Å². The molecule has 0 aliphatic carbocycles. The zero-order valence-corrected chi connectivity index (χ0v) is 13.6. The van der Waals surface area contributed by atoms with Crippen molar-refractivity contribution in [2.75, 3.05) is 7.11 Å². The van der Waals surface area contributed by atoms with Gasteiger partial charge >= 0.3 is 5.97 Å². The highest BCUT2D eigenvalue weighted by Crippen LogP contribution is 2.32. The second kappa shape index (κ2) is 6.37. The van der Waals surface area contributed by atoms with E-state index in [0.717, 1.165) is 0 Å². The highest BCUT2D eigenvalue weighted by atomic mass is 35.5. The Balaban J connectivity index is 2.24. The topological polar surface area (TPSA) is 68.5 Å². The van der Waals surface area contributed by atoms with Crippen LogP contribution in [0.3, 0.4) is 0 Å². The predicted molar refractivity (Wildman–Crippen MR) is 91.0 cm³/mol. The molecule has 0 bridgehead atoms. The van der Waals surface area contributed by atoms with Gasteiger partial charge in [0.15, 0.2) is 0 Å². The van der Waals surface area contributed by atoms with Crippen molar-refractivity contribution in [2.45, 2.75) is 6.42 Å². The Morgan fingerprint density at radius 1 is 1.17 bits per heavy atom. The molecule has 1 heterocycles. The van der Waals surface area contributed by atoms with Crippen molar-refractivity contribution in [2.24, 2.45) is 0 Å². The number of fused-ring (bicyclic) bond motifs is 1. The summed E-state index contributed by atoms with van der Waals surface area (Å²) in [6.45, 7) is 0. The lowest BCUT2D eigenvalue weighted by Crippen LogP contribution is -2.11. The Morgan fingerprint density at radius 3 is 2.58 bits per heavy atom. The van der Waals surface area contributed by atoms with Crippen LogP contribution in [-0.4, -0.2) is 28.7 Å². The van der Waals surface area contributed by atoms with Gasteiger partial charge in [-0.05, 0) is 29.8 Å². The molecule has 0 saturated heterocycles. The molecule has 0 aliphatic rings. The van der Waals surface area contributed by atoms with Gasteiger partial charge in [0.1, 0.15) is 5.75 Å². The zero-order valence-electron chi connectivity index (χ0n) is 12.8. The van der Waals surface area contributed by atoms with Gasteiger partial charge in [-0.1, -0.05) is 29.8 Å². The molecule has 0 amide bonds. The molecule has 0 fully saturated rings. The number of hydrogen-bond acceptors (Lipinski definition) is 3. The highest BCUT2D eigenvalue weighted by Gasteiger charge is 2.20. The number of aliphatic carboxylic acids is 1. The van der Waals surface area contributed by atoms with Crippen LogP contribution in [0, 0.1) is 0 Å². The van der Waals surface area contributed by atoms with Crippen LogP contribution in [0.1, 0.15) is 15.9 Å². The minimum Gasteiger partial charge on any atom is -0.496 e. The van der Waals surface area contributed by atoms with Crippen molar-refractivity contribution in [3.8, 4) is 5.75 Å². The largest absolute Gasteiger partial charge is 0.496 e. The van der Waals surface area contributed by atoms with Gasteiger partial charge in [-0.2, -0.15) is 0 Å². The van der Waals surface area contributed by atoms with E-state index in [0.29, 0.717) is 32.8 Å². The fourth-order valence-corrected chi connectivity index (χ4v) is 2.95. The maximum absolute atomic E-state index is 12.9. The molecule has 0 radical (unpaired) electrons. The first-order valence-corrected chi connectivity index (χ1v) is 7.58. The molecule has 0 unspecified atom stereocenters. The molecular weight excluding hydrogens is 330 g/mol. The number of halogens is 1. The molecule has 24 heavy (non-hydrogen) atoms. The molecule has 3 aromatic rings. The Kier molecular flexibility index (Phi) is 4.27. The second-order valence-corrected chi connectivity index (χ2v) is 5.64. The smallest absolute Gasteiger partial charge is 0.307 e. The van der Waals surface area contributed by atoms with E-state index >= 15 is 0 Å². The standard InChI is InChI=1S/C18H14ClNO4/c1-24-15-8-4-7-14-17(15)11(9-16(21)22)10-20(14)18(23)12-5-2-3-6-13(12)19/h2-8,10H,9H2,1H3,(H,21,22). The van der Waals surface area contributed by atoms with Gasteiger partial charge in [-0.15, -0.1) is 0 Å². The SMILES string of the molecule is COc1cccc2c1c(CC(=O)O)cn2C(=O)c1ccccc1Cl. The van der Waals surface area contributed by atoms with Crippen molar-refractivity contribution in [1.82, 2.24) is 4.57 Å². The Bertz CT molecular complexity index is 945. The van der Waals surface area contributed by atoms with E-state index in [2.05, 4.69) is 0 Å². The van der Waals surface area contributed by atoms with Crippen molar-refractivity contribution in [3.63, 3.8) is 0 Å². The second-order valence-electron chi connectivity index (χ2n) is 5.23. The highest BCUT2D eigenvalue weighted by molar-refractivity contribution is 6.34. The Labute approximate surface area is 143 Å². The number of nitrogens with zero attached hydrogens (tertiary/aromatic N) is 1. The first-order valence-electron chi connectivity index (χ1n) is 7.21. The van der Waals surface area contributed by atoms with E-state index in [1.807, 2.05) is 0 Å². The van der Waals surface area contributed by atoms with E-state index in [9.17, 15) is 9.59 Å². The van der Waals surface area contributed by atoms with Gasteiger partial charge in [0.05, 0.1) is 29.6 Å². The molecular formula is C18H14ClNO4. The molecule has 0 spiro atoms. The molecule has 122 valence electrons. The molecule has 5 nitrogen and oxygen atoms in total. The zero-order chi connectivity index (χ0) is 17.3. The number of carboxylic acids is 1. The number of benzene rings is 2. The number of carbonyl (C=O) groups excluding carboxylic acids is 1. The van der Waals surface area contributed by atoms with Gasteiger partial charge < -0.3 is 9.84 Å². The van der Waals surface area contributed by atoms with Crippen LogP contribution in [0.15, 0.2) is 48.7 Å². The van der Waals surface area contributed by atoms with Gasteiger partial charge in [-0.3, -0.25) is 14.2 Å². The number of carboxylic acid groups (broad SMARTS) is 1. The molecule has 0 saturated carbocycles. The average Bonchev–Trinajstić information content (AvgIpc) is 2.93. The summed E-state index contributed by atoms with van der Waals surface area (Å²) in [6, 6.07) is 12.0. The monoisotopic (exact) mass is 343 g/mol. The summed E-state index contributed by atoms with van der Waals surface area (Å²) in [4.78, 5) is 24.0. The predicted octanol–water partition coefficient (Wildman–Crippen LogP) is 3.62. The van der Waals surface area contributed by atoms with Gasteiger partial charge in [0.25, 0.3) is 5.91 Å². The quantitative estimate of drug-likeness (QED) is 0.785. The normalized spacial score (nSPS) is 10.8. The summed E-state index contributed by atoms with van der Waals surface area (Å²) < 4.78 is 6.74. The van der Waals surface area contributed by atoms with Gasteiger partial charge in [-0.25, -0.2) is 0 Å². The summed E-state index contributed by atoms with van der Waals surface area (Å²) in [7, 11) is 1.51. The number of rotatable bonds is 4. The Hall–Kier alpha value is -2.79. The van der Waals surface area contributed by atoms with Crippen molar-refractivity contribution in [3.05, 3.63) is 64.8 Å². The number of methoxy groups -OCH3 is 1. The lowest BCUT2D eigenvalue weighted by atomic mass is 10.1. The lowest BCUT2D eigenvalue weighted by Gasteiger charge is -2.07. The van der Waals surface area contributed by atoms with Crippen LogP contribution in [-0.2, 0) is 11.2 Å². The van der Waals surface area contributed by atoms with Crippen LogP contribution in [0.2, 0.25) is 5.02 Å². The summed E-state index contributed by atoms with van der Waals surface area (Å²) in [6.07, 6.45) is 1.33. The third-order valence-corrected chi connectivity index (χ3v) is 4.08. The van der Waals surface area contributed by atoms with Crippen molar-refractivity contribution < 1.29 is 19.4 Å². The minimum atomic E-state index is -0.981. The van der Waals surface area contributed by atoms with Gasteiger partial charge in [0.2, 0.25) is 0 Å². The third kappa shape index (κ3) is 2.74. The molecule has 1 N–H and O–H groups in total. The third-order valence-electron chi connectivity index (χ3n) is 3.75. The minimum absolute atomic E-state index is 0.209. The molecule has 0 aliphatic heterocycles. The summed E-state index contributed by atoms with van der Waals surface area (Å²) >= 11 is 6.12. The molecule has 6 heteroatoms. The maximum atomic E-state index is 12.9. The number of ether oxygens (including phenoxy) is 1. The first-order chi connectivity index (χ1) is 11.5. The number of aromatic nitrogens is 1. The average molecular weight is 344 g/mol. The lowest BCUT2D eigenvalue weighted by molar-refractivity contribution is -0.136. The molecule has 3 rings (SSSR count). The summed E-state index contributed by atoms with van der Waals surface area (Å²) in [5.41, 5.74) is 1.44. The van der Waals surface area contributed by atoms with Crippen LogP contribution < -0.4 is 4.74 Å². The molecule has 0 atom stereocenters. The van der Waals surface area contributed by atoms with E-state index < -0.39 is 5.97 Å². The van der Waals surface area contributed by atoms with E-state index in [1.54, 1.807) is 42.5 Å². The number of hydrogen-bond donors (Lipinski definition) is 1.